The van der Waals surface area contributed by atoms with Crippen LogP contribution in [0.3, 0.4) is 0 Å². The summed E-state index contributed by atoms with van der Waals surface area (Å²) in [6.07, 6.45) is 1.86. The number of carbonyl (C=O) groups excluding carboxylic acids is 2. The lowest BCUT2D eigenvalue weighted by Gasteiger charge is -2.18. The van der Waals surface area contributed by atoms with E-state index in [-0.39, 0.29) is 42.8 Å². The highest BCUT2D eigenvalue weighted by molar-refractivity contribution is 6.07. The zero-order valence-corrected chi connectivity index (χ0v) is 28.8. The van der Waals surface area contributed by atoms with Crippen LogP contribution in [0.15, 0.2) is 58.1 Å². The van der Waals surface area contributed by atoms with E-state index >= 15 is 0 Å². The van der Waals surface area contributed by atoms with Crippen molar-refractivity contribution in [2.75, 3.05) is 25.4 Å². The van der Waals surface area contributed by atoms with Gasteiger partial charge >= 0.3 is 11.7 Å². The average molecular weight is 689 g/mol. The summed E-state index contributed by atoms with van der Waals surface area (Å²) >= 11 is 0. The molecule has 7 N–H and O–H groups in total. The van der Waals surface area contributed by atoms with Crippen molar-refractivity contribution < 1.29 is 19.5 Å². The molecule has 0 saturated heterocycles. The van der Waals surface area contributed by atoms with E-state index < -0.39 is 41.4 Å². The van der Waals surface area contributed by atoms with Crippen LogP contribution in [0, 0.1) is 0 Å². The van der Waals surface area contributed by atoms with Gasteiger partial charge in [0.05, 0.1) is 6.42 Å². The summed E-state index contributed by atoms with van der Waals surface area (Å²) in [4.78, 5) is 70.4. The molecule has 0 aliphatic heterocycles. The number of aliphatic carboxylic acids is 1. The largest absolute Gasteiger partial charge is 0.481 e. The topological polar surface area (TPSA) is 209 Å². The van der Waals surface area contributed by atoms with Gasteiger partial charge < -0.3 is 31.8 Å². The molecule has 4 rings (SSSR count). The Labute approximate surface area is 290 Å². The molecule has 50 heavy (non-hydrogen) atoms. The number of carbonyl (C=O) groups is 3. The number of amides is 1. The second kappa shape index (κ2) is 18.1. The van der Waals surface area contributed by atoms with Crippen molar-refractivity contribution in [2.45, 2.75) is 84.5 Å². The number of hydrogen-bond acceptors (Lipinski definition) is 9. The third-order valence-electron chi connectivity index (χ3n) is 8.56. The Morgan fingerprint density at radius 3 is 2.38 bits per heavy atom. The summed E-state index contributed by atoms with van der Waals surface area (Å²) in [5.41, 5.74) is 13.5. The highest BCUT2D eigenvalue weighted by Gasteiger charge is 2.27. The maximum atomic E-state index is 13.9. The fraction of sp³-hybridized carbons (Fsp3) is 0.444. The minimum atomic E-state index is -1.32. The highest BCUT2D eigenvalue weighted by atomic mass is 16.4. The lowest BCUT2D eigenvalue weighted by Crippen LogP contribution is -2.42. The van der Waals surface area contributed by atoms with Crippen LogP contribution in [0.5, 0.6) is 0 Å². The van der Waals surface area contributed by atoms with Crippen molar-refractivity contribution in [3.05, 3.63) is 91.9 Å². The molecule has 0 aliphatic rings. The molecule has 0 aliphatic carbocycles. The van der Waals surface area contributed by atoms with Gasteiger partial charge in [-0.3, -0.25) is 28.3 Å². The Morgan fingerprint density at radius 1 is 0.940 bits per heavy atom. The number of rotatable bonds is 20. The standard InChI is InChI=1S/C36H48N8O6/c1-3-19-44-35(49)32-34(41-28(42(32)21-18-39-4-2)22-24-11-6-5-7-12-24)43(36(44)50)20-16-25-13-10-14-26(31(25)38)33(48)27(23-30(46)47)40-29(45)15-8-9-17-37/h5-7,10-14,27,39H,3-4,8-9,15-23,37-38H2,1-2H3,(H,40,45)(H,46,47). The highest BCUT2D eigenvalue weighted by Crippen LogP contribution is 2.22. The number of aromatic nitrogens is 4. The van der Waals surface area contributed by atoms with Gasteiger partial charge in [-0.25, -0.2) is 9.78 Å². The van der Waals surface area contributed by atoms with Crippen LogP contribution in [0.4, 0.5) is 5.69 Å². The number of nitrogens with one attached hydrogen (secondary N) is 2. The van der Waals surface area contributed by atoms with Crippen LogP contribution >= 0.6 is 0 Å². The molecule has 0 radical (unpaired) electrons. The number of nitrogen functional groups attached to an aromatic ring is 1. The number of unbranched alkanes of at least 4 members (excludes halogenated alkanes) is 1. The third-order valence-corrected chi connectivity index (χ3v) is 8.56. The Balaban J connectivity index is 1.72. The Bertz CT molecular complexity index is 1910. The van der Waals surface area contributed by atoms with E-state index in [2.05, 4.69) is 10.6 Å². The van der Waals surface area contributed by atoms with Gasteiger partial charge in [0.2, 0.25) is 5.91 Å². The molecule has 0 bridgehead atoms. The zero-order valence-electron chi connectivity index (χ0n) is 28.8. The molecule has 2 heterocycles. The number of likely N-dealkylation sites (N-methyl/N-ethyl adjacent to an activating group) is 1. The molecule has 0 fully saturated rings. The summed E-state index contributed by atoms with van der Waals surface area (Å²) in [7, 11) is 0. The number of nitrogens with two attached hydrogens (primary N) is 2. The number of Topliss-reactive ketones (excluding diaryl/α,β-unsaturated/α-hetero) is 1. The number of para-hydroxylation sites is 1. The molecule has 2 aromatic heterocycles. The van der Waals surface area contributed by atoms with Crippen LogP contribution in [0.1, 0.15) is 73.3 Å². The molecule has 4 aromatic rings. The lowest BCUT2D eigenvalue weighted by atomic mass is 9.96. The van der Waals surface area contributed by atoms with Crippen LogP contribution in [-0.2, 0) is 42.1 Å². The molecule has 14 nitrogen and oxygen atoms in total. The first kappa shape index (κ1) is 37.7. The van der Waals surface area contributed by atoms with Gasteiger partial charge in [-0.2, -0.15) is 0 Å². The van der Waals surface area contributed by atoms with E-state index in [4.69, 9.17) is 16.5 Å². The summed E-state index contributed by atoms with van der Waals surface area (Å²) in [6, 6.07) is 13.3. The van der Waals surface area contributed by atoms with Crippen LogP contribution in [0.25, 0.3) is 11.2 Å². The zero-order chi connectivity index (χ0) is 36.2. The monoisotopic (exact) mass is 688 g/mol. The van der Waals surface area contributed by atoms with Crippen molar-refractivity contribution in [1.82, 2.24) is 29.3 Å². The first-order valence-corrected chi connectivity index (χ1v) is 17.2. The van der Waals surface area contributed by atoms with Gasteiger partial charge in [0.15, 0.2) is 16.9 Å². The van der Waals surface area contributed by atoms with Gasteiger partial charge in [-0.05, 0) is 56.0 Å². The Morgan fingerprint density at radius 2 is 1.70 bits per heavy atom. The quantitative estimate of drug-likeness (QED) is 0.0519. The molecule has 2 aromatic carbocycles. The predicted octanol–water partition coefficient (Wildman–Crippen LogP) is 2.07. The number of aryl methyl sites for hydroxylation is 2. The van der Waals surface area contributed by atoms with E-state index in [1.807, 2.05) is 48.7 Å². The van der Waals surface area contributed by atoms with E-state index in [9.17, 15) is 29.1 Å². The van der Waals surface area contributed by atoms with E-state index in [1.165, 1.54) is 15.2 Å². The minimum absolute atomic E-state index is 0.0716. The summed E-state index contributed by atoms with van der Waals surface area (Å²) in [5.74, 6) is -1.66. The first-order chi connectivity index (χ1) is 24.1. The molecule has 1 atom stereocenters. The lowest BCUT2D eigenvalue weighted by molar-refractivity contribution is -0.137. The van der Waals surface area contributed by atoms with Crippen molar-refractivity contribution in [2.24, 2.45) is 5.73 Å². The number of carboxylic acids is 1. The number of nitrogens with zero attached hydrogens (tertiary/aromatic N) is 4. The van der Waals surface area contributed by atoms with Gasteiger partial charge in [0.1, 0.15) is 11.9 Å². The number of carboxylic acid groups (broad SMARTS) is 1. The van der Waals surface area contributed by atoms with Crippen LogP contribution < -0.4 is 33.3 Å². The second-order valence-electron chi connectivity index (χ2n) is 12.2. The molecule has 1 amide bonds. The summed E-state index contributed by atoms with van der Waals surface area (Å²) in [5, 5.41) is 15.3. The van der Waals surface area contributed by atoms with Gasteiger partial charge in [0, 0.05) is 50.3 Å². The number of ketones is 1. The normalized spacial score (nSPS) is 11.9. The Hall–Kier alpha value is -5.08. The van der Waals surface area contributed by atoms with Gasteiger partial charge in [-0.15, -0.1) is 0 Å². The van der Waals surface area contributed by atoms with Gasteiger partial charge in [0.25, 0.3) is 5.56 Å². The van der Waals surface area contributed by atoms with Crippen molar-refractivity contribution >= 4 is 34.5 Å². The molecule has 14 heteroatoms. The third kappa shape index (κ3) is 9.12. The SMILES string of the molecule is CCCn1c(=O)c2c(nc(Cc3ccccc3)n2CCNCC)n(CCc2cccc(C(=O)C(CC(=O)O)NC(=O)CCCCN)c2N)c1=O. The molecule has 1 unspecified atom stereocenters. The number of anilines is 1. The fourth-order valence-electron chi connectivity index (χ4n) is 6.03. The van der Waals surface area contributed by atoms with Crippen molar-refractivity contribution in [3.63, 3.8) is 0 Å². The van der Waals surface area contributed by atoms with E-state index in [0.717, 1.165) is 12.1 Å². The number of imidazole rings is 1. The molecule has 268 valence electrons. The molecule has 0 saturated carbocycles. The maximum Gasteiger partial charge on any atom is 0.332 e. The fourth-order valence-corrected chi connectivity index (χ4v) is 6.03. The van der Waals surface area contributed by atoms with Crippen molar-refractivity contribution in [1.29, 1.82) is 0 Å². The van der Waals surface area contributed by atoms with Crippen LogP contribution in [-0.4, -0.2) is 67.1 Å². The number of fused-ring (bicyclic) bond motifs is 1. The maximum absolute atomic E-state index is 13.9. The average Bonchev–Trinajstić information content (AvgIpc) is 3.44. The number of benzene rings is 2. The van der Waals surface area contributed by atoms with E-state index in [0.29, 0.717) is 62.2 Å². The summed E-state index contributed by atoms with van der Waals surface area (Å²) in [6.45, 7) is 6.49. The Kier molecular flexibility index (Phi) is 13.6. The molecular formula is C36H48N8O6. The first-order valence-electron chi connectivity index (χ1n) is 17.2. The second-order valence-corrected chi connectivity index (χ2v) is 12.2. The molecular weight excluding hydrogens is 640 g/mol. The minimum Gasteiger partial charge on any atom is -0.481 e. The number of hydrogen-bond donors (Lipinski definition) is 5. The predicted molar refractivity (Wildman–Crippen MR) is 192 cm³/mol. The van der Waals surface area contributed by atoms with Crippen LogP contribution in [0.2, 0.25) is 0 Å². The van der Waals surface area contributed by atoms with E-state index in [1.54, 1.807) is 12.1 Å². The molecule has 0 spiro atoms. The van der Waals surface area contributed by atoms with Gasteiger partial charge in [-0.1, -0.05) is 56.3 Å². The smallest absolute Gasteiger partial charge is 0.332 e. The van der Waals surface area contributed by atoms with Crippen molar-refractivity contribution in [3.8, 4) is 0 Å². The summed E-state index contributed by atoms with van der Waals surface area (Å²) < 4.78 is 4.64.